The quantitative estimate of drug-likeness (QED) is 0.814. The highest BCUT2D eigenvalue weighted by Crippen LogP contribution is 2.34. The number of hydrogen-bond donors (Lipinski definition) is 1. The van der Waals surface area contributed by atoms with Crippen LogP contribution in [0.25, 0.3) is 0 Å². The highest BCUT2D eigenvalue weighted by Gasteiger charge is 2.35. The molecule has 2 aliphatic rings. The summed E-state index contributed by atoms with van der Waals surface area (Å²) in [6, 6.07) is 0.717. The predicted molar refractivity (Wildman–Crippen MR) is 89.7 cm³/mol. The fourth-order valence-electron chi connectivity index (χ4n) is 4.58. The largest absolute Gasteiger partial charge is 0.377 e. The second kappa shape index (κ2) is 7.94. The molecule has 1 saturated heterocycles. The summed E-state index contributed by atoms with van der Waals surface area (Å²) in [7, 11) is 4.02. The number of nitrogens with one attached hydrogen (secondary N) is 1. The number of ether oxygens (including phenoxy) is 1. The van der Waals surface area contributed by atoms with Crippen molar-refractivity contribution >= 4 is 0 Å². The normalized spacial score (nSPS) is 38.6. The van der Waals surface area contributed by atoms with E-state index >= 15 is 0 Å². The molecule has 2 fully saturated rings. The van der Waals surface area contributed by atoms with Crippen molar-refractivity contribution in [2.45, 2.75) is 70.4 Å². The first-order chi connectivity index (χ1) is 10.1. The summed E-state index contributed by atoms with van der Waals surface area (Å²) in [5.41, 5.74) is 0.0743. The van der Waals surface area contributed by atoms with E-state index in [-0.39, 0.29) is 5.60 Å². The lowest BCUT2D eigenvalue weighted by Gasteiger charge is -2.44. The zero-order valence-corrected chi connectivity index (χ0v) is 14.7. The Morgan fingerprint density at radius 1 is 1.33 bits per heavy atom. The van der Waals surface area contributed by atoms with E-state index in [4.69, 9.17) is 4.74 Å². The molecule has 1 heterocycles. The van der Waals surface area contributed by atoms with E-state index in [0.717, 1.165) is 18.4 Å². The molecule has 1 aliphatic carbocycles. The van der Waals surface area contributed by atoms with Crippen LogP contribution in [0.3, 0.4) is 0 Å². The molecular formula is C18H36N2O. The molecule has 0 aromatic carbocycles. The number of piperidine rings is 1. The minimum absolute atomic E-state index is 0.0743. The zero-order valence-electron chi connectivity index (χ0n) is 14.7. The molecule has 0 radical (unpaired) electrons. The van der Waals surface area contributed by atoms with Crippen molar-refractivity contribution in [1.82, 2.24) is 10.2 Å². The Balaban J connectivity index is 1.91. The summed E-state index contributed by atoms with van der Waals surface area (Å²) in [6.45, 7) is 8.22. The number of rotatable bonds is 6. The summed E-state index contributed by atoms with van der Waals surface area (Å²) in [4.78, 5) is 2.66. The zero-order chi connectivity index (χ0) is 15.3. The van der Waals surface area contributed by atoms with Gasteiger partial charge in [0.15, 0.2) is 0 Å². The smallest absolute Gasteiger partial charge is 0.0777 e. The van der Waals surface area contributed by atoms with Gasteiger partial charge in [0.2, 0.25) is 0 Å². The van der Waals surface area contributed by atoms with Crippen LogP contribution in [0, 0.1) is 11.8 Å². The second-order valence-corrected chi connectivity index (χ2v) is 7.62. The summed E-state index contributed by atoms with van der Waals surface area (Å²) in [5, 5.41) is 3.58. The van der Waals surface area contributed by atoms with Crippen LogP contribution in [0.4, 0.5) is 0 Å². The van der Waals surface area contributed by atoms with Gasteiger partial charge in [-0.05, 0) is 64.5 Å². The van der Waals surface area contributed by atoms with Gasteiger partial charge in [-0.1, -0.05) is 19.8 Å². The Labute approximate surface area is 131 Å². The number of likely N-dealkylation sites (tertiary alicyclic amines) is 1. The van der Waals surface area contributed by atoms with Crippen molar-refractivity contribution in [3.05, 3.63) is 0 Å². The van der Waals surface area contributed by atoms with Crippen molar-refractivity contribution in [1.29, 1.82) is 0 Å². The summed E-state index contributed by atoms with van der Waals surface area (Å²) in [5.74, 6) is 1.78. The molecule has 0 bridgehead atoms. The van der Waals surface area contributed by atoms with Gasteiger partial charge >= 0.3 is 0 Å². The third-order valence-electron chi connectivity index (χ3n) is 5.88. The molecule has 1 N–H and O–H groups in total. The molecule has 124 valence electrons. The molecular weight excluding hydrogens is 260 g/mol. The molecule has 0 spiro atoms. The van der Waals surface area contributed by atoms with Gasteiger partial charge in [0.25, 0.3) is 0 Å². The number of hydrogen-bond acceptors (Lipinski definition) is 3. The predicted octanol–water partition coefficient (Wildman–Crippen LogP) is 3.29. The summed E-state index contributed by atoms with van der Waals surface area (Å²) < 4.78 is 5.75. The minimum atomic E-state index is 0.0743. The first kappa shape index (κ1) is 17.2. The van der Waals surface area contributed by atoms with Crippen LogP contribution >= 0.6 is 0 Å². The van der Waals surface area contributed by atoms with Crippen LogP contribution < -0.4 is 5.32 Å². The molecule has 4 atom stereocenters. The summed E-state index contributed by atoms with van der Waals surface area (Å²) in [6.07, 6.45) is 9.44. The van der Waals surface area contributed by atoms with Gasteiger partial charge in [-0.3, -0.25) is 0 Å². The SMILES string of the molecule is CCCC1CCC(NC)C(CN2CCCC(C)(OC)C2)C1. The van der Waals surface area contributed by atoms with E-state index in [1.165, 1.54) is 58.0 Å². The fourth-order valence-corrected chi connectivity index (χ4v) is 4.58. The Morgan fingerprint density at radius 3 is 2.81 bits per heavy atom. The lowest BCUT2D eigenvalue weighted by atomic mass is 9.76. The van der Waals surface area contributed by atoms with Crippen LogP contribution in [0.5, 0.6) is 0 Å². The van der Waals surface area contributed by atoms with Gasteiger partial charge in [-0.2, -0.15) is 0 Å². The van der Waals surface area contributed by atoms with Gasteiger partial charge in [0.1, 0.15) is 0 Å². The Kier molecular flexibility index (Phi) is 6.51. The maximum atomic E-state index is 5.75. The Hall–Kier alpha value is -0.120. The second-order valence-electron chi connectivity index (χ2n) is 7.62. The van der Waals surface area contributed by atoms with Gasteiger partial charge < -0.3 is 15.0 Å². The highest BCUT2D eigenvalue weighted by molar-refractivity contribution is 4.90. The van der Waals surface area contributed by atoms with Gasteiger partial charge in [0, 0.05) is 26.2 Å². The first-order valence-electron chi connectivity index (χ1n) is 9.05. The molecule has 21 heavy (non-hydrogen) atoms. The lowest BCUT2D eigenvalue weighted by Crippen LogP contribution is -2.51. The van der Waals surface area contributed by atoms with Crippen LogP contribution in [0.15, 0.2) is 0 Å². The van der Waals surface area contributed by atoms with Crippen molar-refractivity contribution in [3.63, 3.8) is 0 Å². The molecule has 4 unspecified atom stereocenters. The molecule has 2 rings (SSSR count). The third-order valence-corrected chi connectivity index (χ3v) is 5.88. The van der Waals surface area contributed by atoms with Crippen molar-refractivity contribution in [2.75, 3.05) is 33.8 Å². The fraction of sp³-hybridized carbons (Fsp3) is 1.00. The monoisotopic (exact) mass is 296 g/mol. The van der Waals surface area contributed by atoms with Crippen LogP contribution in [-0.4, -0.2) is 50.3 Å². The molecule has 0 aromatic rings. The molecule has 3 heteroatoms. The maximum Gasteiger partial charge on any atom is 0.0777 e. The Bertz CT molecular complexity index is 310. The van der Waals surface area contributed by atoms with E-state index < -0.39 is 0 Å². The molecule has 1 aliphatic heterocycles. The van der Waals surface area contributed by atoms with E-state index in [0.29, 0.717) is 6.04 Å². The molecule has 0 amide bonds. The number of nitrogens with zero attached hydrogens (tertiary/aromatic N) is 1. The van der Waals surface area contributed by atoms with E-state index in [1.807, 2.05) is 7.11 Å². The third kappa shape index (κ3) is 4.67. The highest BCUT2D eigenvalue weighted by atomic mass is 16.5. The van der Waals surface area contributed by atoms with Crippen molar-refractivity contribution < 1.29 is 4.74 Å². The van der Waals surface area contributed by atoms with Crippen molar-refractivity contribution in [3.8, 4) is 0 Å². The van der Waals surface area contributed by atoms with Gasteiger partial charge in [-0.25, -0.2) is 0 Å². The summed E-state index contributed by atoms with van der Waals surface area (Å²) >= 11 is 0. The van der Waals surface area contributed by atoms with Crippen molar-refractivity contribution in [2.24, 2.45) is 11.8 Å². The first-order valence-corrected chi connectivity index (χ1v) is 9.05. The minimum Gasteiger partial charge on any atom is -0.377 e. The van der Waals surface area contributed by atoms with E-state index in [9.17, 15) is 0 Å². The average molecular weight is 296 g/mol. The van der Waals surface area contributed by atoms with Gasteiger partial charge in [-0.15, -0.1) is 0 Å². The topological polar surface area (TPSA) is 24.5 Å². The maximum absolute atomic E-state index is 5.75. The van der Waals surface area contributed by atoms with E-state index in [1.54, 1.807) is 0 Å². The molecule has 1 saturated carbocycles. The lowest BCUT2D eigenvalue weighted by molar-refractivity contribution is -0.0564. The Morgan fingerprint density at radius 2 is 2.14 bits per heavy atom. The van der Waals surface area contributed by atoms with E-state index in [2.05, 4.69) is 31.1 Å². The van der Waals surface area contributed by atoms with Gasteiger partial charge in [0.05, 0.1) is 5.60 Å². The van der Waals surface area contributed by atoms with Crippen LogP contribution in [-0.2, 0) is 4.74 Å². The molecule has 3 nitrogen and oxygen atoms in total. The molecule has 0 aromatic heterocycles. The average Bonchev–Trinajstić information content (AvgIpc) is 2.48. The standard InChI is InChI=1S/C18H36N2O/c1-5-7-15-8-9-17(19-3)16(12-15)13-20-11-6-10-18(2,14-20)21-4/h15-17,19H,5-14H2,1-4H3. The van der Waals surface area contributed by atoms with Crippen LogP contribution in [0.1, 0.15) is 58.8 Å². The van der Waals surface area contributed by atoms with Crippen LogP contribution in [0.2, 0.25) is 0 Å². The number of methoxy groups -OCH3 is 1.